The first kappa shape index (κ1) is 88.2. The Labute approximate surface area is 574 Å². The number of phosphoric ester groups is 1. The fraction of sp³-hybridized carbons (Fsp3) is 0.958. The molecule has 0 amide bonds. The summed E-state index contributed by atoms with van der Waals surface area (Å²) in [5, 5.41) is 110. The Morgan fingerprint density at radius 2 is 0.667 bits per heavy atom. The van der Waals surface area contributed by atoms with Crippen LogP contribution in [0.3, 0.4) is 0 Å². The average Bonchev–Trinajstić information content (AvgIpc) is 0.765. The lowest BCUT2D eigenvalue weighted by Gasteiger charge is -2.49. The smallest absolute Gasteiger partial charge is 0.463 e. The molecule has 3 fully saturated rings. The van der Waals surface area contributed by atoms with Gasteiger partial charge in [-0.15, -0.1) is 0 Å². The van der Waals surface area contributed by atoms with Gasteiger partial charge in [0.25, 0.3) is 0 Å². The van der Waals surface area contributed by atoms with Gasteiger partial charge in [0.2, 0.25) is 0 Å². The molecule has 3 aliphatic rings. The van der Waals surface area contributed by atoms with Crippen molar-refractivity contribution in [3.05, 3.63) is 0 Å². The summed E-state index contributed by atoms with van der Waals surface area (Å²) < 4.78 is 65.0. The Morgan fingerprint density at radius 1 is 0.365 bits per heavy atom. The lowest BCUT2D eigenvalue weighted by molar-refractivity contribution is -0.360. The van der Waals surface area contributed by atoms with Crippen LogP contribution >= 0.6 is 7.82 Å². The van der Waals surface area contributed by atoms with Gasteiger partial charge in [0.1, 0.15) is 98.7 Å². The highest BCUT2D eigenvalue weighted by Gasteiger charge is 2.58. The van der Waals surface area contributed by atoms with Crippen LogP contribution in [-0.4, -0.2) is 204 Å². The molecule has 1 aliphatic carbocycles. The van der Waals surface area contributed by atoms with Crippen LogP contribution in [0.25, 0.3) is 0 Å². The molecule has 11 N–H and O–H groups in total. The van der Waals surface area contributed by atoms with E-state index in [1.54, 1.807) is 0 Å². The van der Waals surface area contributed by atoms with Crippen LogP contribution in [0.15, 0.2) is 0 Å². The minimum atomic E-state index is -5.69. The molecule has 18 unspecified atom stereocenters. The van der Waals surface area contributed by atoms with Gasteiger partial charge in [-0.05, 0) is 19.3 Å². The van der Waals surface area contributed by atoms with Crippen molar-refractivity contribution in [2.45, 2.75) is 407 Å². The van der Waals surface area contributed by atoms with Crippen LogP contribution in [0.1, 0.15) is 303 Å². The highest BCUT2D eigenvalue weighted by Crippen LogP contribution is 2.49. The summed E-state index contributed by atoms with van der Waals surface area (Å²) in [6.07, 6.45) is 10.3. The zero-order chi connectivity index (χ0) is 70.4. The number of hydrogen-bond acceptors (Lipinski definition) is 23. The van der Waals surface area contributed by atoms with Crippen molar-refractivity contribution in [1.29, 1.82) is 0 Å². The fourth-order valence-electron chi connectivity index (χ4n) is 12.7. The van der Waals surface area contributed by atoms with E-state index < -0.39 is 156 Å². The summed E-state index contributed by atoms with van der Waals surface area (Å²) in [6, 6.07) is 0. The number of aliphatic hydroxyl groups excluding tert-OH is 10. The molecule has 2 aliphatic heterocycles. The molecule has 0 aromatic rings. The Bertz CT molecular complexity index is 1990. The summed E-state index contributed by atoms with van der Waals surface area (Å²) in [7, 11) is -5.69. The average molecular weight is 1400 g/mol. The number of rotatable bonds is 59. The number of aliphatic hydroxyl groups is 10. The molecular formula is C71H133O24P. The number of phosphoric acid groups is 1. The third-order valence-corrected chi connectivity index (χ3v) is 19.9. The van der Waals surface area contributed by atoms with Crippen molar-refractivity contribution >= 4 is 25.7 Å². The van der Waals surface area contributed by atoms with Gasteiger partial charge < -0.3 is 89.1 Å². The van der Waals surface area contributed by atoms with Gasteiger partial charge in [-0.3, -0.25) is 23.4 Å². The lowest BCUT2D eigenvalue weighted by Crippen LogP contribution is -2.69. The minimum Gasteiger partial charge on any atom is -0.463 e. The molecule has 2 saturated heterocycles. The topological polar surface area (TPSA) is 374 Å². The maximum absolute atomic E-state index is 14.3. The molecule has 2 heterocycles. The normalized spacial score (nSPS) is 27.9. The Kier molecular flexibility index (Phi) is 49.4. The molecule has 0 aromatic heterocycles. The van der Waals surface area contributed by atoms with Crippen LogP contribution < -0.4 is 0 Å². The van der Waals surface area contributed by atoms with Crippen LogP contribution in [0.2, 0.25) is 0 Å². The summed E-state index contributed by atoms with van der Waals surface area (Å²) in [6.45, 7) is 3.46. The maximum atomic E-state index is 14.3. The third kappa shape index (κ3) is 36.7. The third-order valence-electron chi connectivity index (χ3n) is 18.9. The standard InChI is InChI=1S/C71H133O24P/c1-4-7-10-13-16-19-22-24-26-28-31-33-36-39-42-45-55(73)87-49-52(90-57(75)47-44-41-38-35-30-21-18-15-12-9-6-3)50-89-96(85,86)95-69-67(93-70-65(83)60(78)58(76)53(48-72)91-70)63(81)62(80)64(82)68(69)94-71-66(84)61(79)59(77)54(92-71)51-88-56(74)46-43-40-37-34-32-29-27-25-23-20-17-14-11-8-5-2/h52-54,58-72,76-84H,4-51H2,1-3H3,(H,85,86). The molecule has 566 valence electrons. The Hall–Kier alpha value is -2.04. The second kappa shape index (κ2) is 53.7. The lowest BCUT2D eigenvalue weighted by atomic mass is 9.84. The predicted octanol–water partition coefficient (Wildman–Crippen LogP) is 10.2. The molecule has 0 aromatic carbocycles. The number of unbranched alkanes of at least 4 members (excludes halogenated alkanes) is 38. The van der Waals surface area contributed by atoms with Crippen LogP contribution in [0.4, 0.5) is 0 Å². The first-order valence-corrected chi connectivity index (χ1v) is 39.3. The monoisotopic (exact) mass is 1400 g/mol. The molecule has 18 atom stereocenters. The molecule has 1 saturated carbocycles. The zero-order valence-corrected chi connectivity index (χ0v) is 59.8. The first-order chi connectivity index (χ1) is 46.3. The number of hydrogen-bond donors (Lipinski definition) is 11. The quantitative estimate of drug-likeness (QED) is 0.0117. The van der Waals surface area contributed by atoms with Crippen molar-refractivity contribution in [1.82, 2.24) is 0 Å². The van der Waals surface area contributed by atoms with Gasteiger partial charge in [-0.25, -0.2) is 4.57 Å². The van der Waals surface area contributed by atoms with Gasteiger partial charge in [-0.2, -0.15) is 0 Å². The van der Waals surface area contributed by atoms with Crippen molar-refractivity contribution in [2.24, 2.45) is 0 Å². The van der Waals surface area contributed by atoms with Gasteiger partial charge in [-0.1, -0.05) is 265 Å². The predicted molar refractivity (Wildman–Crippen MR) is 361 cm³/mol. The van der Waals surface area contributed by atoms with E-state index in [-0.39, 0.29) is 19.3 Å². The van der Waals surface area contributed by atoms with E-state index in [2.05, 4.69) is 20.8 Å². The Morgan fingerprint density at radius 3 is 1.02 bits per heavy atom. The van der Waals surface area contributed by atoms with E-state index in [1.807, 2.05) is 0 Å². The van der Waals surface area contributed by atoms with Crippen molar-refractivity contribution in [3.8, 4) is 0 Å². The second-order valence-corrected chi connectivity index (χ2v) is 28.8. The summed E-state index contributed by atoms with van der Waals surface area (Å²) in [4.78, 5) is 50.9. The van der Waals surface area contributed by atoms with E-state index in [4.69, 9.17) is 42.2 Å². The summed E-state index contributed by atoms with van der Waals surface area (Å²) in [5.41, 5.74) is 0. The van der Waals surface area contributed by atoms with Crippen LogP contribution in [0.5, 0.6) is 0 Å². The van der Waals surface area contributed by atoms with Gasteiger partial charge >= 0.3 is 25.7 Å². The number of carbonyl (C=O) groups excluding carboxylic acids is 3. The number of ether oxygens (including phenoxy) is 7. The minimum absolute atomic E-state index is 0.0339. The van der Waals surface area contributed by atoms with Crippen molar-refractivity contribution in [2.75, 3.05) is 26.4 Å². The zero-order valence-electron chi connectivity index (χ0n) is 58.9. The van der Waals surface area contributed by atoms with E-state index in [1.165, 1.54) is 154 Å². The largest absolute Gasteiger partial charge is 0.472 e. The van der Waals surface area contributed by atoms with E-state index in [0.717, 1.165) is 89.9 Å². The van der Waals surface area contributed by atoms with Gasteiger partial charge in [0.05, 0.1) is 13.2 Å². The van der Waals surface area contributed by atoms with Crippen molar-refractivity contribution in [3.63, 3.8) is 0 Å². The second-order valence-electron chi connectivity index (χ2n) is 27.4. The SMILES string of the molecule is CCCCCCCCCCCCCCCCCC(=O)OCC(COP(=O)(O)OC1C(OC2OC(CO)C(O)C(O)C2O)C(O)C(O)C(O)C1OC1OC(COC(=O)CCCCCCCCCCCCCCCCC)C(O)C(O)C1O)OC(=O)CCCCCCCCCCCCC. The number of esters is 3. The van der Waals surface area contributed by atoms with E-state index >= 15 is 0 Å². The maximum Gasteiger partial charge on any atom is 0.472 e. The molecule has 0 radical (unpaired) electrons. The van der Waals surface area contributed by atoms with Gasteiger partial charge in [0.15, 0.2) is 18.7 Å². The molecule has 3 rings (SSSR count). The van der Waals surface area contributed by atoms with E-state index in [9.17, 15) is 74.9 Å². The summed E-state index contributed by atoms with van der Waals surface area (Å²) in [5.74, 6) is -1.97. The molecule has 0 bridgehead atoms. The molecule has 0 spiro atoms. The molecule has 24 nitrogen and oxygen atoms in total. The van der Waals surface area contributed by atoms with Gasteiger partial charge in [0, 0.05) is 19.3 Å². The van der Waals surface area contributed by atoms with Crippen molar-refractivity contribution < 1.29 is 117 Å². The number of carbonyl (C=O) groups is 3. The fourth-order valence-corrected chi connectivity index (χ4v) is 13.7. The molecule has 25 heteroatoms. The Balaban J connectivity index is 1.72. The molecular weight excluding hydrogens is 1270 g/mol. The highest BCUT2D eigenvalue weighted by molar-refractivity contribution is 7.47. The first-order valence-electron chi connectivity index (χ1n) is 37.8. The van der Waals surface area contributed by atoms with E-state index in [0.29, 0.717) is 19.3 Å². The van der Waals surface area contributed by atoms with Crippen LogP contribution in [-0.2, 0) is 61.2 Å². The summed E-state index contributed by atoms with van der Waals surface area (Å²) >= 11 is 0. The molecule has 96 heavy (non-hydrogen) atoms. The van der Waals surface area contributed by atoms with Crippen LogP contribution in [0, 0.1) is 0 Å². The highest BCUT2D eigenvalue weighted by atomic mass is 31.2.